The predicted octanol–water partition coefficient (Wildman–Crippen LogP) is 5.54. The van der Waals surface area contributed by atoms with Crippen LogP contribution in [0.25, 0.3) is 0 Å². The van der Waals surface area contributed by atoms with Gasteiger partial charge in [-0.3, -0.25) is 9.59 Å². The Labute approximate surface area is 213 Å². The van der Waals surface area contributed by atoms with E-state index in [9.17, 15) is 9.59 Å². The minimum atomic E-state index is -0.311. The summed E-state index contributed by atoms with van der Waals surface area (Å²) in [5.41, 5.74) is 3.44. The standard InChI is InChI=1S/C25H30BrN5O2S/c1-6-31-23(22(15(2)3)28-24(33)18-9-7-8-16(4)12-18)29-30-25(31)34-14-21(32)27-19-10-11-20(26)17(5)13-19/h7-13,15,22H,6,14H2,1-5H3,(H,27,32)(H,28,33)/t22-/m1/s1. The Hall–Kier alpha value is -2.65. The second-order valence-electron chi connectivity index (χ2n) is 8.45. The van der Waals surface area contributed by atoms with Crippen LogP contribution in [-0.2, 0) is 11.3 Å². The van der Waals surface area contributed by atoms with E-state index in [0.717, 1.165) is 21.3 Å². The van der Waals surface area contributed by atoms with Crippen LogP contribution in [0.2, 0.25) is 0 Å². The zero-order valence-electron chi connectivity index (χ0n) is 20.1. The average Bonchev–Trinajstić information content (AvgIpc) is 3.20. The van der Waals surface area contributed by atoms with E-state index in [4.69, 9.17) is 0 Å². The molecule has 1 heterocycles. The molecule has 0 fully saturated rings. The fourth-order valence-corrected chi connectivity index (χ4v) is 4.58. The zero-order chi connectivity index (χ0) is 24.8. The van der Waals surface area contributed by atoms with Crippen LogP contribution in [0.3, 0.4) is 0 Å². The summed E-state index contributed by atoms with van der Waals surface area (Å²) in [6.07, 6.45) is 0. The molecular formula is C25H30BrN5O2S. The highest BCUT2D eigenvalue weighted by Gasteiger charge is 2.26. The Bertz CT molecular complexity index is 1180. The van der Waals surface area contributed by atoms with E-state index < -0.39 is 0 Å². The van der Waals surface area contributed by atoms with Gasteiger partial charge in [-0.2, -0.15) is 0 Å². The molecule has 0 unspecified atom stereocenters. The second kappa shape index (κ2) is 11.7. The highest BCUT2D eigenvalue weighted by Crippen LogP contribution is 2.26. The number of aromatic nitrogens is 3. The van der Waals surface area contributed by atoms with Crippen molar-refractivity contribution >= 4 is 45.2 Å². The fourth-order valence-electron chi connectivity index (χ4n) is 3.52. The lowest BCUT2D eigenvalue weighted by Gasteiger charge is -2.22. The molecule has 0 saturated heterocycles. The third kappa shape index (κ3) is 6.48. The maximum atomic E-state index is 12.9. The van der Waals surface area contributed by atoms with Crippen molar-refractivity contribution in [3.05, 3.63) is 69.5 Å². The van der Waals surface area contributed by atoms with E-state index >= 15 is 0 Å². The normalized spacial score (nSPS) is 12.0. The Kier molecular flexibility index (Phi) is 8.90. The number of benzene rings is 2. The Morgan fingerprint density at radius 3 is 2.53 bits per heavy atom. The largest absolute Gasteiger partial charge is 0.342 e. The lowest BCUT2D eigenvalue weighted by molar-refractivity contribution is -0.113. The Morgan fingerprint density at radius 2 is 1.88 bits per heavy atom. The molecule has 0 radical (unpaired) electrons. The van der Waals surface area contributed by atoms with Gasteiger partial charge in [-0.1, -0.05) is 59.2 Å². The molecular weight excluding hydrogens is 514 g/mol. The van der Waals surface area contributed by atoms with Gasteiger partial charge < -0.3 is 15.2 Å². The number of hydrogen-bond donors (Lipinski definition) is 2. The van der Waals surface area contributed by atoms with Gasteiger partial charge >= 0.3 is 0 Å². The van der Waals surface area contributed by atoms with Gasteiger partial charge in [-0.05, 0) is 62.6 Å². The summed E-state index contributed by atoms with van der Waals surface area (Å²) in [6.45, 7) is 10.6. The molecule has 1 aromatic heterocycles. The van der Waals surface area contributed by atoms with Gasteiger partial charge in [0.2, 0.25) is 5.91 Å². The average molecular weight is 545 g/mol. The molecule has 3 aromatic rings. The van der Waals surface area contributed by atoms with Crippen LogP contribution in [0.5, 0.6) is 0 Å². The van der Waals surface area contributed by atoms with E-state index in [-0.39, 0.29) is 29.5 Å². The molecule has 0 aliphatic rings. The fraction of sp³-hybridized carbons (Fsp3) is 0.360. The SMILES string of the molecule is CCn1c(SCC(=O)Nc2ccc(Br)c(C)c2)nnc1[C@H](NC(=O)c1cccc(C)c1)C(C)C. The van der Waals surface area contributed by atoms with Gasteiger partial charge in [0.15, 0.2) is 11.0 Å². The summed E-state index contributed by atoms with van der Waals surface area (Å²) in [6, 6.07) is 12.9. The molecule has 3 rings (SSSR count). The number of halogens is 1. The molecule has 0 saturated carbocycles. The molecule has 2 aromatic carbocycles. The van der Waals surface area contributed by atoms with Crippen LogP contribution in [0.1, 0.15) is 54.1 Å². The van der Waals surface area contributed by atoms with Crippen molar-refractivity contribution in [1.29, 1.82) is 0 Å². The molecule has 9 heteroatoms. The zero-order valence-corrected chi connectivity index (χ0v) is 22.5. The van der Waals surface area contributed by atoms with Crippen LogP contribution in [0.15, 0.2) is 52.1 Å². The van der Waals surface area contributed by atoms with Crippen molar-refractivity contribution in [3.8, 4) is 0 Å². The molecule has 180 valence electrons. The molecule has 0 aliphatic carbocycles. The number of rotatable bonds is 9. The van der Waals surface area contributed by atoms with E-state index in [1.54, 1.807) is 6.07 Å². The van der Waals surface area contributed by atoms with Crippen molar-refractivity contribution in [2.45, 2.75) is 52.4 Å². The maximum absolute atomic E-state index is 12.9. The molecule has 2 N–H and O–H groups in total. The molecule has 0 aliphatic heterocycles. The molecule has 34 heavy (non-hydrogen) atoms. The summed E-state index contributed by atoms with van der Waals surface area (Å²) in [4.78, 5) is 25.4. The van der Waals surface area contributed by atoms with Gasteiger partial charge in [0, 0.05) is 22.3 Å². The number of nitrogens with zero attached hydrogens (tertiary/aromatic N) is 3. The van der Waals surface area contributed by atoms with Crippen molar-refractivity contribution in [2.75, 3.05) is 11.1 Å². The molecule has 0 bridgehead atoms. The maximum Gasteiger partial charge on any atom is 0.251 e. The number of carbonyl (C=O) groups is 2. The van der Waals surface area contributed by atoms with Crippen molar-refractivity contribution in [3.63, 3.8) is 0 Å². The number of anilines is 1. The Balaban J connectivity index is 1.71. The monoisotopic (exact) mass is 543 g/mol. The first-order valence-corrected chi connectivity index (χ1v) is 13.0. The number of hydrogen-bond acceptors (Lipinski definition) is 5. The summed E-state index contributed by atoms with van der Waals surface area (Å²) in [5, 5.41) is 15.4. The first-order valence-electron chi connectivity index (χ1n) is 11.2. The topological polar surface area (TPSA) is 88.9 Å². The van der Waals surface area contributed by atoms with E-state index in [1.165, 1.54) is 11.8 Å². The minimum Gasteiger partial charge on any atom is -0.342 e. The van der Waals surface area contributed by atoms with Gasteiger partial charge in [0.05, 0.1) is 11.8 Å². The first-order chi connectivity index (χ1) is 16.2. The first kappa shape index (κ1) is 26.0. The van der Waals surface area contributed by atoms with Gasteiger partial charge in [-0.15, -0.1) is 10.2 Å². The quantitative estimate of drug-likeness (QED) is 0.346. The van der Waals surface area contributed by atoms with Crippen molar-refractivity contribution in [1.82, 2.24) is 20.1 Å². The van der Waals surface area contributed by atoms with E-state index in [2.05, 4.69) is 36.8 Å². The lowest BCUT2D eigenvalue weighted by atomic mass is 10.0. The van der Waals surface area contributed by atoms with E-state index in [1.807, 2.05) is 75.6 Å². The van der Waals surface area contributed by atoms with Crippen molar-refractivity contribution in [2.24, 2.45) is 5.92 Å². The Morgan fingerprint density at radius 1 is 1.12 bits per heavy atom. The van der Waals surface area contributed by atoms with Gasteiger partial charge in [-0.25, -0.2) is 0 Å². The summed E-state index contributed by atoms with van der Waals surface area (Å²) < 4.78 is 2.96. The number of aryl methyl sites for hydroxylation is 2. The predicted molar refractivity (Wildman–Crippen MR) is 140 cm³/mol. The molecule has 0 spiro atoms. The third-order valence-electron chi connectivity index (χ3n) is 5.35. The molecule has 2 amide bonds. The summed E-state index contributed by atoms with van der Waals surface area (Å²) >= 11 is 4.80. The minimum absolute atomic E-state index is 0.102. The smallest absolute Gasteiger partial charge is 0.251 e. The van der Waals surface area contributed by atoms with Gasteiger partial charge in [0.25, 0.3) is 5.91 Å². The van der Waals surface area contributed by atoms with Gasteiger partial charge in [0.1, 0.15) is 0 Å². The summed E-state index contributed by atoms with van der Waals surface area (Å²) in [7, 11) is 0. The third-order valence-corrected chi connectivity index (χ3v) is 7.20. The highest BCUT2D eigenvalue weighted by atomic mass is 79.9. The number of nitrogens with one attached hydrogen (secondary N) is 2. The van der Waals surface area contributed by atoms with E-state index in [0.29, 0.717) is 23.1 Å². The lowest BCUT2D eigenvalue weighted by Crippen LogP contribution is -2.33. The van der Waals surface area contributed by atoms with Crippen molar-refractivity contribution < 1.29 is 9.59 Å². The number of amides is 2. The highest BCUT2D eigenvalue weighted by molar-refractivity contribution is 9.10. The van der Waals surface area contributed by atoms with Crippen LogP contribution in [0.4, 0.5) is 5.69 Å². The second-order valence-corrected chi connectivity index (χ2v) is 10.2. The summed E-state index contributed by atoms with van der Waals surface area (Å²) in [5.74, 6) is 0.725. The number of carbonyl (C=O) groups excluding carboxylic acids is 2. The molecule has 1 atom stereocenters. The van der Waals surface area contributed by atoms with Crippen LogP contribution >= 0.6 is 27.7 Å². The van der Waals surface area contributed by atoms with Crippen LogP contribution in [0, 0.1) is 19.8 Å². The number of thioether (sulfide) groups is 1. The van der Waals surface area contributed by atoms with Crippen LogP contribution in [-0.4, -0.2) is 32.3 Å². The molecule has 7 nitrogen and oxygen atoms in total. The van der Waals surface area contributed by atoms with Crippen LogP contribution < -0.4 is 10.6 Å².